The Morgan fingerprint density at radius 3 is 1.86 bits per heavy atom. The van der Waals surface area contributed by atoms with Crippen LogP contribution < -0.4 is 0 Å². The van der Waals surface area contributed by atoms with E-state index in [0.717, 1.165) is 18.2 Å². The van der Waals surface area contributed by atoms with Gasteiger partial charge in [-0.15, -0.1) is 0 Å². The summed E-state index contributed by atoms with van der Waals surface area (Å²) in [7, 11) is 0. The average molecular weight is 295 g/mol. The van der Waals surface area contributed by atoms with E-state index < -0.39 is 41.3 Å². The quantitative estimate of drug-likeness (QED) is 0.601. The first-order chi connectivity index (χ1) is 9.66. The van der Waals surface area contributed by atoms with Crippen LogP contribution in [0.2, 0.25) is 0 Å². The Hall–Kier alpha value is -2.90. The number of carboxylic acids is 4. The summed E-state index contributed by atoms with van der Waals surface area (Å²) in [6, 6.07) is 2.77. The molecule has 4 N–H and O–H groups in total. The highest BCUT2D eigenvalue weighted by molar-refractivity contribution is 5.97. The first-order valence-corrected chi connectivity index (χ1v) is 5.56. The van der Waals surface area contributed by atoms with Crippen LogP contribution in [0.1, 0.15) is 32.2 Å². The molecule has 2 atom stereocenters. The van der Waals surface area contributed by atoms with Crippen molar-refractivity contribution in [2.45, 2.75) is 5.92 Å². The Bertz CT molecular complexity index is 619. The van der Waals surface area contributed by atoms with Crippen LogP contribution in [0.15, 0.2) is 18.2 Å². The summed E-state index contributed by atoms with van der Waals surface area (Å²) < 4.78 is 0. The summed E-state index contributed by atoms with van der Waals surface area (Å²) >= 11 is 0. The Morgan fingerprint density at radius 2 is 1.48 bits per heavy atom. The number of hydrogen-bond donors (Lipinski definition) is 4. The Kier molecular flexibility index (Phi) is 4.64. The van der Waals surface area contributed by atoms with E-state index in [4.69, 9.17) is 20.4 Å². The van der Waals surface area contributed by atoms with Crippen molar-refractivity contribution in [2.75, 3.05) is 0 Å². The fourth-order valence-corrected chi connectivity index (χ4v) is 1.81. The SMILES string of the molecule is [CH2]C(C(=O)O)C(C(=O)O)c1ccc(C(=O)O)cc1C(=O)O. The van der Waals surface area contributed by atoms with E-state index in [2.05, 4.69) is 6.92 Å². The molecule has 1 aromatic carbocycles. The zero-order valence-corrected chi connectivity index (χ0v) is 10.5. The van der Waals surface area contributed by atoms with Crippen molar-refractivity contribution in [3.63, 3.8) is 0 Å². The summed E-state index contributed by atoms with van der Waals surface area (Å²) in [5.41, 5.74) is -1.25. The number of carboxylic acid groups (broad SMARTS) is 4. The van der Waals surface area contributed by atoms with Crippen LogP contribution in [-0.4, -0.2) is 44.3 Å². The van der Waals surface area contributed by atoms with Gasteiger partial charge in [0.1, 0.15) is 0 Å². The fourth-order valence-electron chi connectivity index (χ4n) is 1.81. The summed E-state index contributed by atoms with van der Waals surface area (Å²) in [5.74, 6) is -9.37. The average Bonchev–Trinajstić information content (AvgIpc) is 2.37. The molecule has 0 saturated heterocycles. The second-order valence-electron chi connectivity index (χ2n) is 4.17. The molecule has 21 heavy (non-hydrogen) atoms. The maximum atomic E-state index is 11.2. The molecule has 0 aliphatic heterocycles. The molecule has 0 fully saturated rings. The standard InChI is InChI=1S/C13H11O8/c1-5(10(14)15)9(13(20)21)7-3-2-6(11(16)17)4-8(7)12(18)19/h2-5,9H,1H2,(H,14,15)(H,16,17)(H,18,19)(H,20,21). The molecule has 1 rings (SSSR count). The van der Waals surface area contributed by atoms with Gasteiger partial charge in [-0.05, 0) is 24.6 Å². The van der Waals surface area contributed by atoms with Crippen molar-refractivity contribution in [2.24, 2.45) is 5.92 Å². The third-order valence-corrected chi connectivity index (χ3v) is 2.85. The summed E-state index contributed by atoms with van der Waals surface area (Å²) in [6.07, 6.45) is 0. The lowest BCUT2D eigenvalue weighted by Gasteiger charge is -2.19. The molecule has 0 heterocycles. The molecule has 0 amide bonds. The number of aliphatic carboxylic acids is 2. The first kappa shape index (κ1) is 16.2. The van der Waals surface area contributed by atoms with E-state index in [1.165, 1.54) is 0 Å². The Balaban J connectivity index is 3.51. The minimum atomic E-state index is -1.71. The molecule has 0 aliphatic rings. The number of rotatable bonds is 6. The molecule has 0 aromatic heterocycles. The van der Waals surface area contributed by atoms with Crippen LogP contribution in [0.4, 0.5) is 0 Å². The van der Waals surface area contributed by atoms with Crippen molar-refractivity contribution >= 4 is 23.9 Å². The van der Waals surface area contributed by atoms with Crippen molar-refractivity contribution in [1.29, 1.82) is 0 Å². The normalized spacial score (nSPS) is 13.2. The molecular weight excluding hydrogens is 284 g/mol. The van der Waals surface area contributed by atoms with Crippen LogP contribution in [0.5, 0.6) is 0 Å². The topological polar surface area (TPSA) is 149 Å². The molecule has 8 nitrogen and oxygen atoms in total. The highest BCUT2D eigenvalue weighted by Gasteiger charge is 2.34. The molecule has 0 spiro atoms. The molecule has 0 bridgehead atoms. The summed E-state index contributed by atoms with van der Waals surface area (Å²) in [4.78, 5) is 44.1. The smallest absolute Gasteiger partial charge is 0.336 e. The zero-order valence-electron chi connectivity index (χ0n) is 10.5. The Labute approximate surface area is 118 Å². The fraction of sp³-hybridized carbons (Fsp3) is 0.154. The van der Waals surface area contributed by atoms with Gasteiger partial charge in [0.25, 0.3) is 0 Å². The number of aromatic carboxylic acids is 2. The lowest BCUT2D eigenvalue weighted by molar-refractivity contribution is -0.148. The van der Waals surface area contributed by atoms with Gasteiger partial charge in [-0.1, -0.05) is 6.07 Å². The number of benzene rings is 1. The van der Waals surface area contributed by atoms with E-state index in [0.29, 0.717) is 0 Å². The van der Waals surface area contributed by atoms with Crippen LogP contribution in [0, 0.1) is 12.8 Å². The van der Waals surface area contributed by atoms with E-state index in [-0.39, 0.29) is 11.1 Å². The van der Waals surface area contributed by atoms with E-state index in [1.807, 2.05) is 0 Å². The van der Waals surface area contributed by atoms with Gasteiger partial charge in [0.2, 0.25) is 0 Å². The number of carbonyl (C=O) groups is 4. The van der Waals surface area contributed by atoms with Gasteiger partial charge in [0, 0.05) is 0 Å². The molecule has 1 aromatic rings. The molecule has 111 valence electrons. The van der Waals surface area contributed by atoms with Gasteiger partial charge in [-0.2, -0.15) is 0 Å². The molecule has 0 saturated carbocycles. The van der Waals surface area contributed by atoms with Crippen LogP contribution >= 0.6 is 0 Å². The molecule has 0 aliphatic carbocycles. The van der Waals surface area contributed by atoms with Gasteiger partial charge in [0.15, 0.2) is 0 Å². The van der Waals surface area contributed by atoms with E-state index >= 15 is 0 Å². The van der Waals surface area contributed by atoms with Gasteiger partial charge >= 0.3 is 23.9 Å². The summed E-state index contributed by atoms with van der Waals surface area (Å²) in [6.45, 7) is 3.20. The third-order valence-electron chi connectivity index (χ3n) is 2.85. The highest BCUT2D eigenvalue weighted by Crippen LogP contribution is 2.29. The minimum absolute atomic E-state index is 0.317. The van der Waals surface area contributed by atoms with Gasteiger partial charge in [-0.3, -0.25) is 9.59 Å². The van der Waals surface area contributed by atoms with Crippen LogP contribution in [-0.2, 0) is 9.59 Å². The molecule has 2 unspecified atom stereocenters. The van der Waals surface area contributed by atoms with Crippen molar-refractivity contribution in [3.05, 3.63) is 41.8 Å². The zero-order chi connectivity index (χ0) is 16.3. The van der Waals surface area contributed by atoms with Crippen molar-refractivity contribution < 1.29 is 39.6 Å². The van der Waals surface area contributed by atoms with Crippen LogP contribution in [0.3, 0.4) is 0 Å². The second kappa shape index (κ2) is 6.04. The lowest BCUT2D eigenvalue weighted by Crippen LogP contribution is -2.27. The molecule has 1 radical (unpaired) electrons. The minimum Gasteiger partial charge on any atom is -0.481 e. The van der Waals surface area contributed by atoms with Crippen molar-refractivity contribution in [1.82, 2.24) is 0 Å². The maximum Gasteiger partial charge on any atom is 0.336 e. The van der Waals surface area contributed by atoms with Gasteiger partial charge in [-0.25, -0.2) is 9.59 Å². The van der Waals surface area contributed by atoms with Crippen molar-refractivity contribution in [3.8, 4) is 0 Å². The van der Waals surface area contributed by atoms with Gasteiger partial charge < -0.3 is 20.4 Å². The Morgan fingerprint density at radius 1 is 0.905 bits per heavy atom. The van der Waals surface area contributed by atoms with Crippen LogP contribution in [0.25, 0.3) is 0 Å². The van der Waals surface area contributed by atoms with E-state index in [1.54, 1.807) is 0 Å². The second-order valence-corrected chi connectivity index (χ2v) is 4.17. The highest BCUT2D eigenvalue weighted by atomic mass is 16.4. The third kappa shape index (κ3) is 3.35. The van der Waals surface area contributed by atoms with E-state index in [9.17, 15) is 19.2 Å². The van der Waals surface area contributed by atoms with Gasteiger partial charge in [0.05, 0.1) is 23.0 Å². The predicted molar refractivity (Wildman–Crippen MR) is 67.2 cm³/mol. The first-order valence-electron chi connectivity index (χ1n) is 5.56. The monoisotopic (exact) mass is 295 g/mol. The predicted octanol–water partition coefficient (Wildman–Crippen LogP) is 0.786. The number of hydrogen-bond acceptors (Lipinski definition) is 4. The molecule has 8 heteroatoms. The largest absolute Gasteiger partial charge is 0.481 e. The molecular formula is C13H11O8. The summed E-state index contributed by atoms with van der Waals surface area (Å²) in [5, 5.41) is 35.9. The lowest BCUT2D eigenvalue weighted by atomic mass is 9.84. The maximum absolute atomic E-state index is 11.2.